The average molecular weight is 501 g/mol. The Morgan fingerprint density at radius 2 is 1.65 bits per heavy atom. The molecule has 2 amide bonds. The average Bonchev–Trinajstić information content (AvgIpc) is 2.93. The van der Waals surface area contributed by atoms with E-state index < -0.39 is 0 Å². The molecule has 192 valence electrons. The molecule has 0 aliphatic carbocycles. The highest BCUT2D eigenvalue weighted by Gasteiger charge is 2.24. The van der Waals surface area contributed by atoms with Crippen molar-refractivity contribution in [1.82, 2.24) is 29.7 Å². The van der Waals surface area contributed by atoms with Crippen molar-refractivity contribution in [2.45, 2.75) is 6.42 Å². The largest absolute Gasteiger partial charge is 0.360 e. The van der Waals surface area contributed by atoms with Crippen molar-refractivity contribution in [3.63, 3.8) is 0 Å². The second-order valence-electron chi connectivity index (χ2n) is 9.54. The summed E-state index contributed by atoms with van der Waals surface area (Å²) in [6.07, 6.45) is 4.35. The predicted octanol–water partition coefficient (Wildman–Crippen LogP) is 2.34. The van der Waals surface area contributed by atoms with E-state index in [1.165, 1.54) is 0 Å². The molecule has 10 nitrogen and oxygen atoms in total. The van der Waals surface area contributed by atoms with E-state index in [2.05, 4.69) is 30.1 Å². The van der Waals surface area contributed by atoms with Crippen LogP contribution in [0.25, 0.3) is 11.3 Å². The second-order valence-corrected chi connectivity index (χ2v) is 9.54. The molecule has 1 N–H and O–H groups in total. The zero-order valence-corrected chi connectivity index (χ0v) is 21.3. The summed E-state index contributed by atoms with van der Waals surface area (Å²) in [4.78, 5) is 47.5. The maximum Gasteiger partial charge on any atom is 0.254 e. The van der Waals surface area contributed by atoms with Crippen molar-refractivity contribution in [1.29, 1.82) is 0 Å². The van der Waals surface area contributed by atoms with Crippen LogP contribution in [0.15, 0.2) is 54.9 Å². The minimum atomic E-state index is -0.0184. The van der Waals surface area contributed by atoms with Crippen LogP contribution < -0.4 is 10.2 Å². The predicted molar refractivity (Wildman–Crippen MR) is 143 cm³/mol. The minimum absolute atomic E-state index is 0.0184. The minimum Gasteiger partial charge on any atom is -0.360 e. The molecular weight excluding hydrogens is 468 g/mol. The van der Waals surface area contributed by atoms with Gasteiger partial charge in [-0.25, -0.2) is 15.0 Å². The molecule has 37 heavy (non-hydrogen) atoms. The van der Waals surface area contributed by atoms with Gasteiger partial charge in [0, 0.05) is 82.6 Å². The summed E-state index contributed by atoms with van der Waals surface area (Å²) in [5.74, 6) is 1.40. The number of aromatic nitrogens is 3. The Morgan fingerprint density at radius 3 is 2.43 bits per heavy atom. The maximum absolute atomic E-state index is 13.2. The monoisotopic (exact) mass is 500 g/mol. The maximum atomic E-state index is 13.2. The lowest BCUT2D eigenvalue weighted by atomic mass is 10.1. The first-order valence-corrected chi connectivity index (χ1v) is 12.6. The highest BCUT2D eigenvalue weighted by molar-refractivity contribution is 5.95. The molecule has 5 aliphatic heterocycles. The van der Waals surface area contributed by atoms with E-state index in [4.69, 9.17) is 0 Å². The summed E-state index contributed by atoms with van der Waals surface area (Å²) in [5, 5.41) is 3.23. The van der Waals surface area contributed by atoms with Gasteiger partial charge in [0.15, 0.2) is 0 Å². The van der Waals surface area contributed by atoms with Crippen molar-refractivity contribution >= 4 is 29.3 Å². The Balaban J connectivity index is 1.41. The van der Waals surface area contributed by atoms with E-state index in [9.17, 15) is 9.59 Å². The standard InChI is InChI=1S/C27H32N8O2/c1-32-11-4-12-33(2)25(36)19-34-13-15-35(16-14-34)26(37)20-5-3-6-22(17-20)30-27-28-10-9-23(31-27)21-7-8-24(32)29-18-21/h3,5-10,17-18H,4,11-16,19H2,1-2H3,(H,28,30,31). The Hall–Kier alpha value is -4.05. The number of carbonyl (C=O) groups is 2. The Labute approximate surface area is 216 Å². The lowest BCUT2D eigenvalue weighted by Gasteiger charge is -2.35. The van der Waals surface area contributed by atoms with Gasteiger partial charge in [0.25, 0.3) is 5.91 Å². The number of nitrogens with zero attached hydrogens (tertiary/aromatic N) is 7. The number of hydrogen-bond donors (Lipinski definition) is 1. The van der Waals surface area contributed by atoms with E-state index >= 15 is 0 Å². The topological polar surface area (TPSA) is 97.8 Å². The number of amides is 2. The van der Waals surface area contributed by atoms with Gasteiger partial charge in [0.2, 0.25) is 11.9 Å². The molecule has 1 fully saturated rings. The molecule has 8 rings (SSSR count). The quantitative estimate of drug-likeness (QED) is 0.502. The van der Waals surface area contributed by atoms with Crippen LogP contribution in [-0.2, 0) is 4.79 Å². The third-order valence-electron chi connectivity index (χ3n) is 6.89. The first kappa shape index (κ1) is 24.6. The second kappa shape index (κ2) is 10.9. The fourth-order valence-electron chi connectivity index (χ4n) is 4.59. The first-order valence-electron chi connectivity index (χ1n) is 12.6. The summed E-state index contributed by atoms with van der Waals surface area (Å²) in [6, 6.07) is 13.2. The van der Waals surface area contributed by atoms with Gasteiger partial charge in [-0.05, 0) is 42.8 Å². The van der Waals surface area contributed by atoms with Gasteiger partial charge in [0.05, 0.1) is 12.2 Å². The van der Waals surface area contributed by atoms with E-state index in [1.807, 2.05) is 61.5 Å². The van der Waals surface area contributed by atoms with Gasteiger partial charge in [0.1, 0.15) is 5.82 Å². The molecular formula is C27H32N8O2. The van der Waals surface area contributed by atoms with Gasteiger partial charge in [-0.1, -0.05) is 6.07 Å². The van der Waals surface area contributed by atoms with E-state index in [0.717, 1.165) is 35.7 Å². The zero-order chi connectivity index (χ0) is 25.8. The summed E-state index contributed by atoms with van der Waals surface area (Å²) in [7, 11) is 3.86. The first-order chi connectivity index (χ1) is 18.0. The Morgan fingerprint density at radius 1 is 0.838 bits per heavy atom. The number of likely N-dealkylation sites (N-methyl/N-ethyl adjacent to an activating group) is 1. The molecule has 5 aliphatic rings. The van der Waals surface area contributed by atoms with E-state index in [1.54, 1.807) is 17.3 Å². The van der Waals surface area contributed by atoms with Crippen LogP contribution in [0.5, 0.6) is 0 Å². The van der Waals surface area contributed by atoms with Crippen LogP contribution in [0.4, 0.5) is 17.5 Å². The molecule has 7 heterocycles. The third-order valence-corrected chi connectivity index (χ3v) is 6.89. The number of anilines is 3. The summed E-state index contributed by atoms with van der Waals surface area (Å²) < 4.78 is 0. The van der Waals surface area contributed by atoms with E-state index in [-0.39, 0.29) is 11.8 Å². The summed E-state index contributed by atoms with van der Waals surface area (Å²) in [6.45, 7) is 4.36. The Bertz CT molecular complexity index is 1260. The van der Waals surface area contributed by atoms with Gasteiger partial charge in [-0.2, -0.15) is 0 Å². The van der Waals surface area contributed by atoms with E-state index in [0.29, 0.717) is 50.8 Å². The van der Waals surface area contributed by atoms with Gasteiger partial charge in [-0.3, -0.25) is 14.5 Å². The number of carbonyl (C=O) groups excluding carboxylic acids is 2. The number of pyridine rings is 1. The smallest absolute Gasteiger partial charge is 0.254 e. The molecule has 1 saturated heterocycles. The zero-order valence-electron chi connectivity index (χ0n) is 21.3. The van der Waals surface area contributed by atoms with Crippen LogP contribution in [-0.4, -0.2) is 101 Å². The van der Waals surface area contributed by atoms with Crippen LogP contribution in [0, 0.1) is 0 Å². The summed E-state index contributed by atoms with van der Waals surface area (Å²) in [5.41, 5.74) is 2.98. The number of piperazine rings is 1. The van der Waals surface area contributed by atoms with Gasteiger partial charge >= 0.3 is 0 Å². The SMILES string of the molecule is CN1CCCN(C)c2ccc(cn2)-c2ccnc(n2)Nc2cccc(c2)C(=O)N2CCN(CC2)CC1=O. The third kappa shape index (κ3) is 5.86. The fraction of sp³-hybridized carbons (Fsp3) is 0.370. The van der Waals surface area contributed by atoms with Crippen LogP contribution in [0.1, 0.15) is 16.8 Å². The number of hydrogen-bond acceptors (Lipinski definition) is 8. The summed E-state index contributed by atoms with van der Waals surface area (Å²) >= 11 is 0. The number of rotatable bonds is 0. The van der Waals surface area contributed by atoms with Crippen molar-refractivity contribution in [2.75, 3.05) is 70.1 Å². The van der Waals surface area contributed by atoms with Gasteiger partial charge < -0.3 is 20.0 Å². The highest BCUT2D eigenvalue weighted by atomic mass is 16.2. The van der Waals surface area contributed by atoms with Crippen molar-refractivity contribution < 1.29 is 9.59 Å². The fourth-order valence-corrected chi connectivity index (χ4v) is 4.59. The molecule has 10 heteroatoms. The highest BCUT2D eigenvalue weighted by Crippen LogP contribution is 2.22. The van der Waals surface area contributed by atoms with Crippen LogP contribution in [0.2, 0.25) is 0 Å². The van der Waals surface area contributed by atoms with Crippen molar-refractivity contribution in [3.05, 3.63) is 60.4 Å². The molecule has 8 bridgehead atoms. The van der Waals surface area contributed by atoms with Gasteiger partial charge in [-0.15, -0.1) is 0 Å². The molecule has 0 spiro atoms. The molecule has 0 saturated carbocycles. The molecule has 0 unspecified atom stereocenters. The number of nitrogens with one attached hydrogen (secondary N) is 1. The molecule has 3 aromatic rings. The van der Waals surface area contributed by atoms with Crippen LogP contribution in [0.3, 0.4) is 0 Å². The van der Waals surface area contributed by atoms with Crippen molar-refractivity contribution in [2.24, 2.45) is 0 Å². The van der Waals surface area contributed by atoms with Crippen LogP contribution >= 0.6 is 0 Å². The molecule has 0 atom stereocenters. The molecule has 2 aromatic heterocycles. The lowest BCUT2D eigenvalue weighted by molar-refractivity contribution is -0.131. The Kier molecular flexibility index (Phi) is 7.27. The number of benzene rings is 1. The molecule has 0 radical (unpaired) electrons. The molecule has 1 aromatic carbocycles. The normalized spacial score (nSPS) is 17.7. The lowest BCUT2D eigenvalue weighted by Crippen LogP contribution is -2.51. The van der Waals surface area contributed by atoms with Crippen molar-refractivity contribution in [3.8, 4) is 11.3 Å².